The van der Waals surface area contributed by atoms with Crippen LogP contribution in [0.3, 0.4) is 0 Å². The molecule has 8 heteroatoms. The van der Waals surface area contributed by atoms with Crippen LogP contribution >= 0.6 is 15.9 Å². The number of hydrogen-bond donors (Lipinski definition) is 3. The lowest BCUT2D eigenvalue weighted by Crippen LogP contribution is -2.50. The van der Waals surface area contributed by atoms with Crippen molar-refractivity contribution in [1.29, 1.82) is 0 Å². The summed E-state index contributed by atoms with van der Waals surface area (Å²) in [5.41, 5.74) is 3.89. The molecule has 132 valence electrons. The average Bonchev–Trinajstić information content (AvgIpc) is 2.49. The highest BCUT2D eigenvalue weighted by molar-refractivity contribution is 9.10. The molecule has 1 aromatic carbocycles. The summed E-state index contributed by atoms with van der Waals surface area (Å²) in [5, 5.41) is 2.48. The van der Waals surface area contributed by atoms with E-state index in [1.165, 1.54) is 0 Å². The first-order chi connectivity index (χ1) is 11.1. The van der Waals surface area contributed by atoms with Crippen molar-refractivity contribution in [3.63, 3.8) is 0 Å². The van der Waals surface area contributed by atoms with Gasteiger partial charge in [-0.2, -0.15) is 0 Å². The fourth-order valence-corrected chi connectivity index (χ4v) is 1.88. The van der Waals surface area contributed by atoms with E-state index in [9.17, 15) is 14.4 Å². The lowest BCUT2D eigenvalue weighted by molar-refractivity contribution is -0.134. The van der Waals surface area contributed by atoms with Crippen molar-refractivity contribution in [3.05, 3.63) is 28.7 Å². The van der Waals surface area contributed by atoms with E-state index in [-0.39, 0.29) is 12.5 Å². The number of amides is 3. The maximum absolute atomic E-state index is 11.9. The Kier molecular flexibility index (Phi) is 7.21. The van der Waals surface area contributed by atoms with E-state index in [1.54, 1.807) is 45.9 Å². The first kappa shape index (κ1) is 20.0. The molecule has 0 aliphatic heterocycles. The molecule has 0 radical (unpaired) electrons. The molecule has 0 aliphatic carbocycles. The minimum atomic E-state index is -0.802. The van der Waals surface area contributed by atoms with Gasteiger partial charge in [0.05, 0.1) is 6.54 Å². The molecule has 3 N–H and O–H groups in total. The van der Waals surface area contributed by atoms with Crippen molar-refractivity contribution in [2.24, 2.45) is 5.41 Å². The average molecular weight is 400 g/mol. The molecule has 0 heterocycles. The number of carbonyl (C=O) groups excluding carboxylic acids is 3. The lowest BCUT2D eigenvalue weighted by atomic mass is 9.96. The number of carbonyl (C=O) groups is 3. The number of rotatable bonds is 5. The molecule has 0 saturated heterocycles. The molecule has 0 fully saturated rings. The molecule has 1 aromatic rings. The maximum Gasteiger partial charge on any atom is 0.279 e. The minimum absolute atomic E-state index is 0.225. The van der Waals surface area contributed by atoms with Crippen LogP contribution in [0.15, 0.2) is 28.7 Å². The Morgan fingerprint density at radius 3 is 2.46 bits per heavy atom. The van der Waals surface area contributed by atoms with Gasteiger partial charge in [-0.15, -0.1) is 0 Å². The summed E-state index contributed by atoms with van der Waals surface area (Å²) >= 11 is 3.31. The summed E-state index contributed by atoms with van der Waals surface area (Å²) in [4.78, 5) is 35.1. The van der Waals surface area contributed by atoms with Crippen molar-refractivity contribution < 1.29 is 19.1 Å². The van der Waals surface area contributed by atoms with Crippen molar-refractivity contribution >= 4 is 33.7 Å². The van der Waals surface area contributed by atoms with Gasteiger partial charge in [0.1, 0.15) is 5.75 Å². The third kappa shape index (κ3) is 6.99. The van der Waals surface area contributed by atoms with Crippen molar-refractivity contribution in [1.82, 2.24) is 16.2 Å². The van der Waals surface area contributed by atoms with Gasteiger partial charge < -0.3 is 10.1 Å². The van der Waals surface area contributed by atoms with Crippen LogP contribution in [-0.2, 0) is 14.4 Å². The highest BCUT2D eigenvalue weighted by Crippen LogP contribution is 2.18. The molecule has 1 atom stereocenters. The van der Waals surface area contributed by atoms with Crippen LogP contribution in [0.2, 0.25) is 0 Å². The Bertz CT molecular complexity index is 614. The number of halogens is 1. The highest BCUT2D eigenvalue weighted by atomic mass is 79.9. The number of benzene rings is 1. The van der Waals surface area contributed by atoms with Crippen LogP contribution in [0.25, 0.3) is 0 Å². The van der Waals surface area contributed by atoms with Crippen molar-refractivity contribution in [3.8, 4) is 5.75 Å². The number of hydrazine groups is 1. The van der Waals surface area contributed by atoms with Crippen LogP contribution in [0, 0.1) is 5.41 Å². The fraction of sp³-hybridized carbons (Fsp3) is 0.438. The van der Waals surface area contributed by atoms with E-state index in [2.05, 4.69) is 32.1 Å². The molecule has 0 bridgehead atoms. The van der Waals surface area contributed by atoms with Gasteiger partial charge in [0, 0.05) is 9.89 Å². The number of nitrogens with one attached hydrogen (secondary N) is 3. The summed E-state index contributed by atoms with van der Waals surface area (Å²) in [7, 11) is 0. The summed E-state index contributed by atoms with van der Waals surface area (Å²) < 4.78 is 6.30. The van der Waals surface area contributed by atoms with Gasteiger partial charge in [0.2, 0.25) is 5.91 Å². The topological polar surface area (TPSA) is 96.5 Å². The van der Waals surface area contributed by atoms with Crippen LogP contribution in [-0.4, -0.2) is 30.4 Å². The van der Waals surface area contributed by atoms with E-state index < -0.39 is 23.3 Å². The van der Waals surface area contributed by atoms with E-state index in [0.29, 0.717) is 5.75 Å². The van der Waals surface area contributed by atoms with Gasteiger partial charge in [-0.25, -0.2) is 0 Å². The molecule has 1 unspecified atom stereocenters. The number of ether oxygens (including phenoxy) is 1. The largest absolute Gasteiger partial charge is 0.481 e. The molecule has 1 rings (SSSR count). The molecule has 0 spiro atoms. The zero-order chi connectivity index (χ0) is 18.3. The predicted molar refractivity (Wildman–Crippen MR) is 93.0 cm³/mol. The molecule has 3 amide bonds. The quantitative estimate of drug-likeness (QED) is 0.654. The Morgan fingerprint density at radius 2 is 1.88 bits per heavy atom. The second-order valence-corrected chi connectivity index (χ2v) is 7.10. The van der Waals surface area contributed by atoms with Crippen LogP contribution in [0.4, 0.5) is 0 Å². The lowest BCUT2D eigenvalue weighted by Gasteiger charge is -2.18. The second-order valence-electron chi connectivity index (χ2n) is 6.19. The summed E-state index contributed by atoms with van der Waals surface area (Å²) in [6.07, 6.45) is -0.802. The molecule has 0 aromatic heterocycles. The van der Waals surface area contributed by atoms with Gasteiger partial charge in [-0.05, 0) is 25.1 Å². The molecule has 7 nitrogen and oxygen atoms in total. The zero-order valence-electron chi connectivity index (χ0n) is 14.1. The van der Waals surface area contributed by atoms with Crippen LogP contribution in [0.5, 0.6) is 5.75 Å². The predicted octanol–water partition coefficient (Wildman–Crippen LogP) is 1.53. The normalized spacial score (nSPS) is 12.0. The van der Waals surface area contributed by atoms with Gasteiger partial charge in [0.25, 0.3) is 11.8 Å². The van der Waals surface area contributed by atoms with Crippen LogP contribution in [0.1, 0.15) is 27.7 Å². The highest BCUT2D eigenvalue weighted by Gasteiger charge is 2.21. The first-order valence-corrected chi connectivity index (χ1v) is 8.18. The van der Waals surface area contributed by atoms with Gasteiger partial charge >= 0.3 is 0 Å². The number of hydrogen-bond acceptors (Lipinski definition) is 4. The first-order valence-electron chi connectivity index (χ1n) is 7.39. The minimum Gasteiger partial charge on any atom is -0.481 e. The molecular formula is C16H22BrN3O4. The third-order valence-electron chi connectivity index (χ3n) is 2.89. The molecule has 0 saturated carbocycles. The van der Waals surface area contributed by atoms with E-state index in [4.69, 9.17) is 4.74 Å². The molecular weight excluding hydrogens is 378 g/mol. The fourth-order valence-electron chi connectivity index (χ4n) is 1.50. The summed E-state index contributed by atoms with van der Waals surface area (Å²) in [6, 6.07) is 7.06. The Morgan fingerprint density at radius 1 is 1.21 bits per heavy atom. The summed E-state index contributed by atoms with van der Waals surface area (Å²) in [6.45, 7) is 6.55. The summed E-state index contributed by atoms with van der Waals surface area (Å²) in [5.74, 6) is -0.771. The van der Waals surface area contributed by atoms with Gasteiger partial charge in [-0.1, -0.05) is 42.8 Å². The van der Waals surface area contributed by atoms with E-state index in [1.807, 2.05) is 6.07 Å². The maximum atomic E-state index is 11.9. The molecule has 24 heavy (non-hydrogen) atoms. The third-order valence-corrected chi connectivity index (χ3v) is 3.39. The van der Waals surface area contributed by atoms with Crippen LogP contribution < -0.4 is 20.9 Å². The monoisotopic (exact) mass is 399 g/mol. The van der Waals surface area contributed by atoms with Crippen molar-refractivity contribution in [2.75, 3.05) is 6.54 Å². The smallest absolute Gasteiger partial charge is 0.279 e. The van der Waals surface area contributed by atoms with Gasteiger partial charge in [0.15, 0.2) is 6.10 Å². The van der Waals surface area contributed by atoms with E-state index in [0.717, 1.165) is 4.47 Å². The molecule has 0 aliphatic rings. The SMILES string of the molecule is CC(Oc1cccc(Br)c1)C(=O)NNC(=O)CNC(=O)C(C)(C)C. The Balaban J connectivity index is 2.37. The van der Waals surface area contributed by atoms with Gasteiger partial charge in [-0.3, -0.25) is 25.2 Å². The Labute approximate surface area is 149 Å². The standard InChI is InChI=1S/C16H22BrN3O4/c1-10(24-12-7-5-6-11(17)8-12)14(22)20-19-13(21)9-18-15(23)16(2,3)4/h5-8,10H,9H2,1-4H3,(H,18,23)(H,19,21)(H,20,22). The zero-order valence-corrected chi connectivity index (χ0v) is 15.7. The Hall–Kier alpha value is -2.09. The second kappa shape index (κ2) is 8.68. The van der Waals surface area contributed by atoms with E-state index >= 15 is 0 Å². The van der Waals surface area contributed by atoms with Crippen molar-refractivity contribution in [2.45, 2.75) is 33.8 Å².